The van der Waals surface area contributed by atoms with Crippen molar-refractivity contribution in [1.82, 2.24) is 0 Å². The van der Waals surface area contributed by atoms with Crippen LogP contribution in [0.3, 0.4) is 0 Å². The minimum atomic E-state index is -0.954. The molecule has 8 heteroatoms. The molecule has 0 unspecified atom stereocenters. The summed E-state index contributed by atoms with van der Waals surface area (Å²) in [6, 6.07) is 13.0. The predicted octanol–water partition coefficient (Wildman–Crippen LogP) is 5.37. The summed E-state index contributed by atoms with van der Waals surface area (Å²) in [5.41, 5.74) is 0.137. The molecule has 0 aliphatic heterocycles. The molecule has 0 aromatic heterocycles. The van der Waals surface area contributed by atoms with Gasteiger partial charge in [-0.3, -0.25) is 0 Å². The van der Waals surface area contributed by atoms with E-state index in [9.17, 15) is 22.8 Å². The normalized spacial score (nSPS) is 10.2. The summed E-state index contributed by atoms with van der Waals surface area (Å²) in [7, 11) is 0. The number of carbonyl (C=O) groups is 2. The molecule has 4 amide bonds. The second kappa shape index (κ2) is 8.26. The molecule has 0 radical (unpaired) electrons. The quantitative estimate of drug-likeness (QED) is 0.636. The maximum Gasteiger partial charge on any atom is 0.334 e. The van der Waals surface area contributed by atoms with Crippen LogP contribution < -0.4 is 15.5 Å². The first-order valence-corrected chi connectivity index (χ1v) is 8.11. The Morgan fingerprint density at radius 3 is 1.50 bits per heavy atom. The maximum atomic E-state index is 13.6. The first kappa shape index (κ1) is 19.0. The number of anilines is 3. The minimum Gasteiger partial charge on any atom is -0.307 e. The molecule has 0 spiro atoms. The van der Waals surface area contributed by atoms with Gasteiger partial charge in [-0.25, -0.2) is 27.7 Å². The lowest BCUT2D eigenvalue weighted by Crippen LogP contribution is -2.43. The van der Waals surface area contributed by atoms with Crippen molar-refractivity contribution in [1.29, 1.82) is 0 Å². The van der Waals surface area contributed by atoms with E-state index in [2.05, 4.69) is 10.6 Å². The molecule has 142 valence electrons. The van der Waals surface area contributed by atoms with Crippen LogP contribution in [-0.4, -0.2) is 12.1 Å². The molecule has 0 fully saturated rings. The number of carbonyl (C=O) groups excluding carboxylic acids is 2. The Morgan fingerprint density at radius 2 is 1.07 bits per heavy atom. The zero-order valence-electron chi connectivity index (χ0n) is 14.3. The molecule has 5 nitrogen and oxygen atoms in total. The van der Waals surface area contributed by atoms with Gasteiger partial charge >= 0.3 is 12.1 Å². The second-order valence-corrected chi connectivity index (χ2v) is 5.70. The lowest BCUT2D eigenvalue weighted by molar-refractivity contribution is 0.246. The van der Waals surface area contributed by atoms with Gasteiger partial charge in [0, 0.05) is 11.4 Å². The van der Waals surface area contributed by atoms with Crippen molar-refractivity contribution in [3.05, 3.63) is 90.2 Å². The fourth-order valence-corrected chi connectivity index (χ4v) is 2.43. The van der Waals surface area contributed by atoms with Crippen LogP contribution in [0.2, 0.25) is 0 Å². The number of urea groups is 2. The van der Waals surface area contributed by atoms with Gasteiger partial charge in [-0.2, -0.15) is 0 Å². The van der Waals surface area contributed by atoms with E-state index in [0.717, 1.165) is 24.3 Å². The van der Waals surface area contributed by atoms with E-state index in [1.54, 1.807) is 0 Å². The number of amides is 4. The van der Waals surface area contributed by atoms with Crippen LogP contribution in [0.4, 0.5) is 39.8 Å². The molecule has 0 atom stereocenters. The number of nitrogens with zero attached hydrogens (tertiary/aromatic N) is 1. The number of halogens is 3. The summed E-state index contributed by atoms with van der Waals surface area (Å²) in [6.07, 6.45) is 0. The molecular weight excluding hydrogens is 371 g/mol. The highest BCUT2D eigenvalue weighted by molar-refractivity contribution is 6.21. The first-order valence-electron chi connectivity index (χ1n) is 8.11. The minimum absolute atomic E-state index is 0.0668. The summed E-state index contributed by atoms with van der Waals surface area (Å²) in [5.74, 6) is -1.83. The molecule has 2 N–H and O–H groups in total. The van der Waals surface area contributed by atoms with E-state index in [1.165, 1.54) is 48.5 Å². The van der Waals surface area contributed by atoms with Gasteiger partial charge in [0.05, 0.1) is 5.69 Å². The fraction of sp³-hybridized carbons (Fsp3) is 0. The number of hydrogen-bond acceptors (Lipinski definition) is 2. The van der Waals surface area contributed by atoms with Gasteiger partial charge in [-0.15, -0.1) is 0 Å². The summed E-state index contributed by atoms with van der Waals surface area (Å²) in [4.78, 5) is 26.0. The Hall–Kier alpha value is -3.81. The lowest BCUT2D eigenvalue weighted by atomic mass is 10.2. The average Bonchev–Trinajstić information content (AvgIpc) is 2.62. The van der Waals surface area contributed by atoms with Crippen molar-refractivity contribution in [2.75, 3.05) is 15.5 Å². The number of imide groups is 1. The molecule has 28 heavy (non-hydrogen) atoms. The van der Waals surface area contributed by atoms with Gasteiger partial charge in [-0.05, 0) is 54.6 Å². The third kappa shape index (κ3) is 4.67. The Kier molecular flexibility index (Phi) is 5.59. The fourth-order valence-electron chi connectivity index (χ4n) is 2.43. The highest BCUT2D eigenvalue weighted by atomic mass is 19.1. The molecule has 3 aromatic rings. The molecule has 0 aliphatic rings. The topological polar surface area (TPSA) is 61.4 Å². The zero-order valence-corrected chi connectivity index (χ0v) is 14.3. The number of hydrogen-bond donors (Lipinski definition) is 2. The lowest BCUT2D eigenvalue weighted by Gasteiger charge is -2.22. The van der Waals surface area contributed by atoms with Crippen molar-refractivity contribution in [2.45, 2.75) is 0 Å². The highest BCUT2D eigenvalue weighted by Gasteiger charge is 2.24. The maximum absolute atomic E-state index is 13.6. The van der Waals surface area contributed by atoms with Gasteiger partial charge < -0.3 is 10.6 Å². The van der Waals surface area contributed by atoms with Crippen molar-refractivity contribution >= 4 is 29.1 Å². The van der Waals surface area contributed by atoms with Crippen molar-refractivity contribution in [3.8, 4) is 0 Å². The van der Waals surface area contributed by atoms with Crippen LogP contribution in [-0.2, 0) is 0 Å². The molecule has 0 bridgehead atoms. The smallest absolute Gasteiger partial charge is 0.307 e. The SMILES string of the molecule is O=C(Nc1cccc(F)c1)N(C(=O)Nc1cccc(F)c1)c1cccc(F)c1. The second-order valence-electron chi connectivity index (χ2n) is 5.70. The van der Waals surface area contributed by atoms with Crippen LogP contribution in [0.15, 0.2) is 72.8 Å². The van der Waals surface area contributed by atoms with E-state index in [4.69, 9.17) is 0 Å². The van der Waals surface area contributed by atoms with E-state index < -0.39 is 29.5 Å². The van der Waals surface area contributed by atoms with Crippen molar-refractivity contribution in [2.24, 2.45) is 0 Å². The molecule has 3 rings (SSSR count). The molecular formula is C20H14F3N3O2. The number of benzene rings is 3. The predicted molar refractivity (Wildman–Crippen MR) is 99.7 cm³/mol. The van der Waals surface area contributed by atoms with Crippen molar-refractivity contribution < 1.29 is 22.8 Å². The van der Waals surface area contributed by atoms with Crippen LogP contribution in [0, 0.1) is 17.5 Å². The first-order chi connectivity index (χ1) is 13.4. The zero-order chi connectivity index (χ0) is 20.1. The van der Waals surface area contributed by atoms with Gasteiger partial charge in [0.15, 0.2) is 0 Å². The molecule has 3 aromatic carbocycles. The van der Waals surface area contributed by atoms with E-state index in [-0.39, 0.29) is 17.1 Å². The molecule has 0 saturated heterocycles. The Bertz CT molecular complexity index is 967. The monoisotopic (exact) mass is 385 g/mol. The number of rotatable bonds is 3. The van der Waals surface area contributed by atoms with Crippen LogP contribution in [0.5, 0.6) is 0 Å². The summed E-state index contributed by atoms with van der Waals surface area (Å²) in [5, 5.41) is 4.74. The summed E-state index contributed by atoms with van der Waals surface area (Å²) >= 11 is 0. The average molecular weight is 385 g/mol. The standard InChI is InChI=1S/C20H14F3N3O2/c21-13-4-1-7-16(10-13)24-19(27)26(18-9-3-6-15(23)12-18)20(28)25-17-8-2-5-14(22)11-17/h1-12H,(H,24,27)(H,25,28). The van der Waals surface area contributed by atoms with Gasteiger partial charge in [0.25, 0.3) is 0 Å². The molecule has 0 heterocycles. The van der Waals surface area contributed by atoms with E-state index in [1.807, 2.05) is 0 Å². The Morgan fingerprint density at radius 1 is 0.643 bits per heavy atom. The van der Waals surface area contributed by atoms with Gasteiger partial charge in [0.2, 0.25) is 0 Å². The van der Waals surface area contributed by atoms with E-state index >= 15 is 0 Å². The summed E-state index contributed by atoms with van der Waals surface area (Å²) < 4.78 is 40.3. The third-order valence-electron chi connectivity index (χ3n) is 3.62. The Labute approximate surface area is 158 Å². The van der Waals surface area contributed by atoms with Crippen LogP contribution in [0.25, 0.3) is 0 Å². The largest absolute Gasteiger partial charge is 0.334 e. The highest BCUT2D eigenvalue weighted by Crippen LogP contribution is 2.20. The molecule has 0 saturated carbocycles. The van der Waals surface area contributed by atoms with E-state index in [0.29, 0.717) is 4.90 Å². The summed E-state index contributed by atoms with van der Waals surface area (Å²) in [6.45, 7) is 0. The van der Waals surface area contributed by atoms with Crippen molar-refractivity contribution in [3.63, 3.8) is 0 Å². The molecule has 0 aliphatic carbocycles. The number of nitrogens with one attached hydrogen (secondary N) is 2. The van der Waals surface area contributed by atoms with Gasteiger partial charge in [-0.1, -0.05) is 18.2 Å². The van der Waals surface area contributed by atoms with Crippen LogP contribution >= 0.6 is 0 Å². The van der Waals surface area contributed by atoms with Gasteiger partial charge in [0.1, 0.15) is 17.5 Å². The third-order valence-corrected chi connectivity index (χ3v) is 3.62. The Balaban J connectivity index is 1.90. The van der Waals surface area contributed by atoms with Crippen LogP contribution in [0.1, 0.15) is 0 Å².